The van der Waals surface area contributed by atoms with Crippen LogP contribution in [0.1, 0.15) is 11.3 Å². The average molecular weight is 297 g/mol. The second-order valence-electron chi connectivity index (χ2n) is 5.29. The Morgan fingerprint density at radius 2 is 2.05 bits per heavy atom. The largest absolute Gasteiger partial charge is 0.507 e. The van der Waals surface area contributed by atoms with Gasteiger partial charge in [0.05, 0.1) is 18.3 Å². The molecule has 0 saturated heterocycles. The molecule has 0 spiro atoms. The van der Waals surface area contributed by atoms with Crippen molar-refractivity contribution in [2.24, 2.45) is 7.05 Å². The molecule has 5 heteroatoms. The zero-order valence-corrected chi connectivity index (χ0v) is 12.9. The minimum atomic E-state index is 0.226. The molecular weight excluding hydrogens is 278 g/mol. The SMILES string of the molecule is COc1ccc(CNc2ccc3c(C)nn(C)c3c2)c(O)c1. The molecule has 0 saturated carbocycles. The number of nitrogens with zero attached hydrogens (tertiary/aromatic N) is 2. The second kappa shape index (κ2) is 5.60. The molecule has 1 aromatic heterocycles. The van der Waals surface area contributed by atoms with E-state index in [0.29, 0.717) is 12.3 Å². The smallest absolute Gasteiger partial charge is 0.124 e. The number of aromatic nitrogens is 2. The number of phenols is 1. The summed E-state index contributed by atoms with van der Waals surface area (Å²) in [5, 5.41) is 18.9. The summed E-state index contributed by atoms with van der Waals surface area (Å²) in [5.41, 5.74) is 3.92. The third kappa shape index (κ3) is 2.57. The van der Waals surface area contributed by atoms with Crippen molar-refractivity contribution < 1.29 is 9.84 Å². The number of aryl methyl sites for hydroxylation is 2. The van der Waals surface area contributed by atoms with E-state index in [4.69, 9.17) is 4.74 Å². The van der Waals surface area contributed by atoms with Crippen molar-refractivity contribution in [1.82, 2.24) is 9.78 Å². The Morgan fingerprint density at radius 1 is 1.23 bits per heavy atom. The van der Waals surface area contributed by atoms with Gasteiger partial charge in [0.15, 0.2) is 0 Å². The van der Waals surface area contributed by atoms with Crippen molar-refractivity contribution in [2.45, 2.75) is 13.5 Å². The Kier molecular flexibility index (Phi) is 3.63. The lowest BCUT2D eigenvalue weighted by molar-refractivity contribution is 0.406. The van der Waals surface area contributed by atoms with Gasteiger partial charge in [-0.15, -0.1) is 0 Å². The van der Waals surface area contributed by atoms with E-state index in [9.17, 15) is 5.11 Å². The Balaban J connectivity index is 1.80. The Hall–Kier alpha value is -2.69. The summed E-state index contributed by atoms with van der Waals surface area (Å²) >= 11 is 0. The molecule has 2 aromatic carbocycles. The van der Waals surface area contributed by atoms with Crippen LogP contribution >= 0.6 is 0 Å². The highest BCUT2D eigenvalue weighted by Crippen LogP contribution is 2.25. The van der Waals surface area contributed by atoms with Crippen molar-refractivity contribution in [3.63, 3.8) is 0 Å². The van der Waals surface area contributed by atoms with Gasteiger partial charge in [-0.1, -0.05) is 0 Å². The van der Waals surface area contributed by atoms with E-state index in [1.54, 1.807) is 13.2 Å². The summed E-state index contributed by atoms with van der Waals surface area (Å²) in [7, 11) is 3.52. The molecule has 0 unspecified atom stereocenters. The summed E-state index contributed by atoms with van der Waals surface area (Å²) in [6, 6.07) is 11.5. The number of methoxy groups -OCH3 is 1. The fourth-order valence-corrected chi connectivity index (χ4v) is 2.57. The number of benzene rings is 2. The molecule has 3 aromatic rings. The minimum Gasteiger partial charge on any atom is -0.507 e. The monoisotopic (exact) mass is 297 g/mol. The van der Waals surface area contributed by atoms with Crippen LogP contribution in [0.3, 0.4) is 0 Å². The van der Waals surface area contributed by atoms with Crippen LogP contribution in [0.2, 0.25) is 0 Å². The molecule has 0 fully saturated rings. The lowest BCUT2D eigenvalue weighted by Gasteiger charge is -2.10. The van der Waals surface area contributed by atoms with Gasteiger partial charge in [-0.05, 0) is 37.3 Å². The molecule has 0 bridgehead atoms. The number of phenolic OH excluding ortho intramolecular Hbond substituents is 1. The fraction of sp³-hybridized carbons (Fsp3) is 0.235. The third-order valence-corrected chi connectivity index (χ3v) is 3.81. The maximum Gasteiger partial charge on any atom is 0.124 e. The van der Waals surface area contributed by atoms with Crippen molar-refractivity contribution in [3.8, 4) is 11.5 Å². The molecule has 0 atom stereocenters. The van der Waals surface area contributed by atoms with E-state index in [0.717, 1.165) is 27.8 Å². The van der Waals surface area contributed by atoms with Crippen LogP contribution in [0, 0.1) is 6.92 Å². The number of nitrogens with one attached hydrogen (secondary N) is 1. The lowest BCUT2D eigenvalue weighted by Crippen LogP contribution is -2.00. The van der Waals surface area contributed by atoms with Gasteiger partial charge < -0.3 is 15.2 Å². The zero-order chi connectivity index (χ0) is 15.7. The van der Waals surface area contributed by atoms with E-state index in [2.05, 4.69) is 22.5 Å². The quantitative estimate of drug-likeness (QED) is 0.776. The molecule has 114 valence electrons. The van der Waals surface area contributed by atoms with Gasteiger partial charge in [0.1, 0.15) is 11.5 Å². The molecule has 0 aliphatic carbocycles. The maximum atomic E-state index is 9.99. The number of ether oxygens (including phenoxy) is 1. The maximum absolute atomic E-state index is 9.99. The molecule has 0 aliphatic rings. The van der Waals surface area contributed by atoms with Crippen LogP contribution < -0.4 is 10.1 Å². The first kappa shape index (κ1) is 14.3. The Labute approximate surface area is 129 Å². The van der Waals surface area contributed by atoms with Crippen LogP contribution in [0.15, 0.2) is 36.4 Å². The van der Waals surface area contributed by atoms with E-state index in [1.165, 1.54) is 0 Å². The highest BCUT2D eigenvalue weighted by molar-refractivity contribution is 5.85. The standard InChI is InChI=1S/C17H19N3O2/c1-11-15-7-5-13(8-16(15)20(2)19-11)18-10-12-4-6-14(22-3)9-17(12)21/h4-9,18,21H,10H2,1-3H3. The number of anilines is 1. The predicted octanol–water partition coefficient (Wildman–Crippen LogP) is 3.21. The molecule has 1 heterocycles. The Bertz CT molecular complexity index is 824. The summed E-state index contributed by atoms with van der Waals surface area (Å²) in [6.07, 6.45) is 0. The molecule has 22 heavy (non-hydrogen) atoms. The number of aromatic hydroxyl groups is 1. The second-order valence-corrected chi connectivity index (χ2v) is 5.29. The summed E-state index contributed by atoms with van der Waals surface area (Å²) in [4.78, 5) is 0. The van der Waals surface area contributed by atoms with Gasteiger partial charge >= 0.3 is 0 Å². The zero-order valence-electron chi connectivity index (χ0n) is 12.9. The number of fused-ring (bicyclic) bond motifs is 1. The van der Waals surface area contributed by atoms with Gasteiger partial charge in [0, 0.05) is 36.3 Å². The number of hydrogen-bond acceptors (Lipinski definition) is 4. The summed E-state index contributed by atoms with van der Waals surface area (Å²) in [6.45, 7) is 2.54. The van der Waals surface area contributed by atoms with Crippen LogP contribution in [0.5, 0.6) is 11.5 Å². The first-order valence-corrected chi connectivity index (χ1v) is 7.11. The minimum absolute atomic E-state index is 0.226. The highest BCUT2D eigenvalue weighted by Gasteiger charge is 2.07. The van der Waals surface area contributed by atoms with E-state index in [-0.39, 0.29) is 5.75 Å². The highest BCUT2D eigenvalue weighted by atomic mass is 16.5. The van der Waals surface area contributed by atoms with Gasteiger partial charge in [0.2, 0.25) is 0 Å². The van der Waals surface area contributed by atoms with E-state index < -0.39 is 0 Å². The van der Waals surface area contributed by atoms with Gasteiger partial charge in [-0.3, -0.25) is 4.68 Å². The first-order chi connectivity index (χ1) is 10.6. The fourth-order valence-electron chi connectivity index (χ4n) is 2.57. The van der Waals surface area contributed by atoms with Crippen molar-refractivity contribution in [3.05, 3.63) is 47.7 Å². The van der Waals surface area contributed by atoms with Gasteiger partial charge in [0.25, 0.3) is 0 Å². The molecule has 2 N–H and O–H groups in total. The van der Waals surface area contributed by atoms with Gasteiger partial charge in [-0.25, -0.2) is 0 Å². The van der Waals surface area contributed by atoms with Crippen LogP contribution in [-0.2, 0) is 13.6 Å². The molecular formula is C17H19N3O2. The van der Waals surface area contributed by atoms with Crippen LogP contribution in [0.4, 0.5) is 5.69 Å². The molecule has 5 nitrogen and oxygen atoms in total. The number of rotatable bonds is 4. The van der Waals surface area contributed by atoms with Crippen molar-refractivity contribution >= 4 is 16.6 Å². The topological polar surface area (TPSA) is 59.3 Å². The third-order valence-electron chi connectivity index (χ3n) is 3.81. The molecule has 3 rings (SSSR count). The van der Waals surface area contributed by atoms with Crippen LogP contribution in [-0.4, -0.2) is 22.0 Å². The van der Waals surface area contributed by atoms with E-state index >= 15 is 0 Å². The van der Waals surface area contributed by atoms with Crippen LogP contribution in [0.25, 0.3) is 10.9 Å². The van der Waals surface area contributed by atoms with Gasteiger partial charge in [-0.2, -0.15) is 5.10 Å². The van der Waals surface area contributed by atoms with Crippen molar-refractivity contribution in [1.29, 1.82) is 0 Å². The lowest BCUT2D eigenvalue weighted by atomic mass is 10.1. The van der Waals surface area contributed by atoms with E-state index in [1.807, 2.05) is 36.9 Å². The normalized spacial score (nSPS) is 10.9. The molecule has 0 aliphatic heterocycles. The Morgan fingerprint density at radius 3 is 2.77 bits per heavy atom. The summed E-state index contributed by atoms with van der Waals surface area (Å²) < 4.78 is 6.96. The number of hydrogen-bond donors (Lipinski definition) is 2. The summed E-state index contributed by atoms with van der Waals surface area (Å²) in [5.74, 6) is 0.873. The molecule has 0 radical (unpaired) electrons. The predicted molar refractivity (Wildman–Crippen MR) is 87.4 cm³/mol. The van der Waals surface area contributed by atoms with Crippen molar-refractivity contribution in [2.75, 3.05) is 12.4 Å². The molecule has 0 amide bonds. The first-order valence-electron chi connectivity index (χ1n) is 7.11. The average Bonchev–Trinajstić information content (AvgIpc) is 2.80.